The summed E-state index contributed by atoms with van der Waals surface area (Å²) in [6.45, 7) is 4.91. The lowest BCUT2D eigenvalue weighted by molar-refractivity contribution is -0.299. The topological polar surface area (TPSA) is 66.4 Å². The zero-order valence-electron chi connectivity index (χ0n) is 7.84. The van der Waals surface area contributed by atoms with Crippen LogP contribution in [0.5, 0.6) is 0 Å². The van der Waals surface area contributed by atoms with E-state index in [1.54, 1.807) is 13.8 Å². The molecule has 4 heteroatoms. The predicted octanol–water partition coefficient (Wildman–Crippen LogP) is -0.0166. The fourth-order valence-electron chi connectivity index (χ4n) is 1.41. The van der Waals surface area contributed by atoms with Crippen molar-refractivity contribution in [1.82, 2.24) is 0 Å². The van der Waals surface area contributed by atoms with Crippen molar-refractivity contribution in [3.63, 3.8) is 0 Å². The minimum atomic E-state index is -1.29. The number of cyclic esters (lactones) is 1. The van der Waals surface area contributed by atoms with Gasteiger partial charge in [-0.05, 0) is 6.92 Å². The van der Waals surface area contributed by atoms with E-state index in [-0.39, 0.29) is 23.7 Å². The Balaban J connectivity index is 3.12. The molecule has 72 valence electrons. The molecule has 1 heterocycles. The van der Waals surface area contributed by atoms with E-state index < -0.39 is 11.4 Å². The molecule has 0 spiro atoms. The van der Waals surface area contributed by atoms with Crippen LogP contribution in [0.15, 0.2) is 11.3 Å². The largest absolute Gasteiger partial charge is 0.545 e. The number of carbonyl (C=O) groups is 2. The van der Waals surface area contributed by atoms with Crippen molar-refractivity contribution in [3.8, 4) is 0 Å². The average Bonchev–Trinajstić information content (AvgIpc) is 2.22. The van der Waals surface area contributed by atoms with Crippen LogP contribution in [-0.4, -0.2) is 11.9 Å². The normalized spacial score (nSPS) is 24.1. The van der Waals surface area contributed by atoms with Crippen molar-refractivity contribution in [1.29, 1.82) is 0 Å². The summed E-state index contributed by atoms with van der Waals surface area (Å²) in [5.41, 5.74) is -0.530. The van der Waals surface area contributed by atoms with E-state index in [4.69, 9.17) is 4.74 Å². The Morgan fingerprint density at radius 1 is 1.54 bits per heavy atom. The maximum Gasteiger partial charge on any atom is 0.311 e. The van der Waals surface area contributed by atoms with Crippen LogP contribution < -0.4 is 5.11 Å². The molecule has 0 aromatic heterocycles. The van der Waals surface area contributed by atoms with Crippen molar-refractivity contribution >= 4 is 11.9 Å². The summed E-state index contributed by atoms with van der Waals surface area (Å²) < 4.78 is 4.82. The number of esters is 1. The molecule has 0 aromatic rings. The Morgan fingerprint density at radius 3 is 2.38 bits per heavy atom. The highest BCUT2D eigenvalue weighted by atomic mass is 16.5. The monoisotopic (exact) mass is 183 g/mol. The van der Waals surface area contributed by atoms with Crippen molar-refractivity contribution in [2.45, 2.75) is 27.2 Å². The first kappa shape index (κ1) is 9.77. The van der Waals surface area contributed by atoms with Gasteiger partial charge in [0.15, 0.2) is 0 Å². The molecule has 0 aromatic carbocycles. The van der Waals surface area contributed by atoms with Gasteiger partial charge in [0.1, 0.15) is 5.76 Å². The van der Waals surface area contributed by atoms with Gasteiger partial charge < -0.3 is 14.6 Å². The Labute approximate surface area is 76.2 Å². The standard InChI is InChI=1S/C9H12O4/c1-5(8(11)12)7-9(2,3)4-6(10)13-7/h4H2,1-3H3,(H,11,12)/p-1. The van der Waals surface area contributed by atoms with Crippen molar-refractivity contribution < 1.29 is 19.4 Å². The van der Waals surface area contributed by atoms with E-state index in [1.807, 2.05) is 0 Å². The third-order valence-electron chi connectivity index (χ3n) is 2.06. The molecule has 0 bridgehead atoms. The van der Waals surface area contributed by atoms with Gasteiger partial charge in [-0.15, -0.1) is 0 Å². The van der Waals surface area contributed by atoms with Crippen LogP contribution in [0.1, 0.15) is 27.2 Å². The molecule has 4 nitrogen and oxygen atoms in total. The summed E-state index contributed by atoms with van der Waals surface area (Å²) >= 11 is 0. The zero-order chi connectivity index (χ0) is 10.2. The van der Waals surface area contributed by atoms with Gasteiger partial charge in [0.05, 0.1) is 12.4 Å². The van der Waals surface area contributed by atoms with Gasteiger partial charge in [0.2, 0.25) is 0 Å². The second-order valence-corrected chi connectivity index (χ2v) is 3.78. The number of carboxylic acids is 1. The summed E-state index contributed by atoms with van der Waals surface area (Å²) in [6, 6.07) is 0. The minimum Gasteiger partial charge on any atom is -0.545 e. The molecule has 0 radical (unpaired) electrons. The molecule has 0 amide bonds. The Morgan fingerprint density at radius 2 is 2.08 bits per heavy atom. The molecule has 1 aliphatic rings. The average molecular weight is 183 g/mol. The molecular formula is C9H11O4-. The zero-order valence-corrected chi connectivity index (χ0v) is 7.84. The highest BCUT2D eigenvalue weighted by Crippen LogP contribution is 2.39. The smallest absolute Gasteiger partial charge is 0.311 e. The Bertz CT molecular complexity index is 299. The van der Waals surface area contributed by atoms with Gasteiger partial charge >= 0.3 is 5.97 Å². The van der Waals surface area contributed by atoms with Gasteiger partial charge in [-0.1, -0.05) is 13.8 Å². The Hall–Kier alpha value is -1.32. The van der Waals surface area contributed by atoms with Crippen LogP contribution in [0.25, 0.3) is 0 Å². The van der Waals surface area contributed by atoms with Gasteiger partial charge in [0, 0.05) is 11.0 Å². The minimum absolute atomic E-state index is 0.00384. The van der Waals surface area contributed by atoms with Crippen LogP contribution >= 0.6 is 0 Å². The van der Waals surface area contributed by atoms with Crippen molar-refractivity contribution in [3.05, 3.63) is 11.3 Å². The van der Waals surface area contributed by atoms with E-state index in [9.17, 15) is 14.7 Å². The summed E-state index contributed by atoms with van der Waals surface area (Å²) in [4.78, 5) is 21.4. The first-order chi connectivity index (χ1) is 5.84. The van der Waals surface area contributed by atoms with Crippen molar-refractivity contribution in [2.75, 3.05) is 0 Å². The van der Waals surface area contributed by atoms with E-state index in [2.05, 4.69) is 0 Å². The van der Waals surface area contributed by atoms with E-state index >= 15 is 0 Å². The SMILES string of the molecule is CC(C(=O)[O-])=C1OC(=O)CC1(C)C. The molecule has 1 fully saturated rings. The second kappa shape index (κ2) is 2.87. The molecule has 0 unspecified atom stereocenters. The van der Waals surface area contributed by atoms with E-state index in [1.165, 1.54) is 6.92 Å². The summed E-state index contributed by atoms with van der Waals surface area (Å²) in [6.07, 6.45) is 0.215. The lowest BCUT2D eigenvalue weighted by atomic mass is 9.87. The highest BCUT2D eigenvalue weighted by Gasteiger charge is 2.38. The number of hydrogen-bond donors (Lipinski definition) is 0. The van der Waals surface area contributed by atoms with Crippen LogP contribution in [0.3, 0.4) is 0 Å². The van der Waals surface area contributed by atoms with Crippen LogP contribution in [0.4, 0.5) is 0 Å². The van der Waals surface area contributed by atoms with Gasteiger partial charge in [-0.3, -0.25) is 4.79 Å². The molecule has 1 saturated heterocycles. The molecule has 0 atom stereocenters. The number of allylic oxidation sites excluding steroid dienone is 1. The fourth-order valence-corrected chi connectivity index (χ4v) is 1.41. The third-order valence-corrected chi connectivity index (χ3v) is 2.06. The number of aliphatic carboxylic acids is 1. The number of hydrogen-bond acceptors (Lipinski definition) is 4. The quantitative estimate of drug-likeness (QED) is 0.423. The van der Waals surface area contributed by atoms with Crippen LogP contribution in [-0.2, 0) is 14.3 Å². The molecule has 0 aliphatic carbocycles. The number of carbonyl (C=O) groups excluding carboxylic acids is 2. The second-order valence-electron chi connectivity index (χ2n) is 3.78. The van der Waals surface area contributed by atoms with Gasteiger partial charge in [0.25, 0.3) is 0 Å². The third kappa shape index (κ3) is 1.71. The molecular weight excluding hydrogens is 172 g/mol. The van der Waals surface area contributed by atoms with Crippen LogP contribution in [0, 0.1) is 5.41 Å². The summed E-state index contributed by atoms with van der Waals surface area (Å²) in [7, 11) is 0. The first-order valence-electron chi connectivity index (χ1n) is 3.98. The maximum atomic E-state index is 10.9. The Kier molecular flexibility index (Phi) is 2.15. The summed E-state index contributed by atoms with van der Waals surface area (Å²) in [5.74, 6) is -1.46. The predicted molar refractivity (Wildman–Crippen MR) is 42.2 cm³/mol. The lowest BCUT2D eigenvalue weighted by Gasteiger charge is -2.18. The highest BCUT2D eigenvalue weighted by molar-refractivity contribution is 5.87. The molecule has 1 rings (SSSR count). The van der Waals surface area contributed by atoms with E-state index in [0.717, 1.165) is 0 Å². The van der Waals surface area contributed by atoms with Crippen molar-refractivity contribution in [2.24, 2.45) is 5.41 Å². The van der Waals surface area contributed by atoms with Gasteiger partial charge in [-0.2, -0.15) is 0 Å². The first-order valence-corrected chi connectivity index (χ1v) is 3.98. The summed E-state index contributed by atoms with van der Waals surface area (Å²) in [5, 5.41) is 10.5. The van der Waals surface area contributed by atoms with E-state index in [0.29, 0.717) is 0 Å². The number of carboxylic acid groups (broad SMARTS) is 1. The number of rotatable bonds is 1. The van der Waals surface area contributed by atoms with Gasteiger partial charge in [-0.25, -0.2) is 0 Å². The number of ether oxygens (including phenoxy) is 1. The lowest BCUT2D eigenvalue weighted by Crippen LogP contribution is -2.26. The molecule has 1 aliphatic heterocycles. The maximum absolute atomic E-state index is 10.9. The molecule has 13 heavy (non-hydrogen) atoms. The fraction of sp³-hybridized carbons (Fsp3) is 0.556. The van der Waals surface area contributed by atoms with Crippen LogP contribution in [0.2, 0.25) is 0 Å². The molecule has 0 N–H and O–H groups in total. The molecule has 0 saturated carbocycles.